The number of nitrogens with zero attached hydrogens (tertiary/aromatic N) is 2. The van der Waals surface area contributed by atoms with Crippen molar-refractivity contribution in [3.63, 3.8) is 0 Å². The molecule has 0 aliphatic carbocycles. The standard InChI is InChI=1S/C22H27ClN2O3S/c1-16-4-9-21(14-17(16)2)29(27,28)25-12-10-19(11-13-25)22(26)24(3)15-18-5-7-20(23)8-6-18/h4-9,14,19H,10-13,15H2,1-3H3. The molecule has 1 heterocycles. The monoisotopic (exact) mass is 434 g/mol. The maximum absolute atomic E-state index is 12.9. The summed E-state index contributed by atoms with van der Waals surface area (Å²) in [6, 6.07) is 12.7. The molecule has 3 rings (SSSR count). The Kier molecular flexibility index (Phi) is 6.66. The summed E-state index contributed by atoms with van der Waals surface area (Å²) in [4.78, 5) is 14.8. The summed E-state index contributed by atoms with van der Waals surface area (Å²) in [5.41, 5.74) is 3.04. The van der Waals surface area contributed by atoms with Crippen LogP contribution in [0, 0.1) is 19.8 Å². The van der Waals surface area contributed by atoms with Gasteiger partial charge in [0.05, 0.1) is 4.90 Å². The Bertz CT molecular complexity index is 982. The summed E-state index contributed by atoms with van der Waals surface area (Å²) >= 11 is 5.91. The van der Waals surface area contributed by atoms with Crippen molar-refractivity contribution < 1.29 is 13.2 Å². The van der Waals surface area contributed by atoms with Crippen LogP contribution in [0.2, 0.25) is 5.02 Å². The average Bonchev–Trinajstić information content (AvgIpc) is 2.71. The molecule has 0 unspecified atom stereocenters. The van der Waals surface area contributed by atoms with Crippen molar-refractivity contribution in [1.82, 2.24) is 9.21 Å². The van der Waals surface area contributed by atoms with Crippen LogP contribution in [0.25, 0.3) is 0 Å². The number of amides is 1. The van der Waals surface area contributed by atoms with E-state index in [1.807, 2.05) is 44.2 Å². The molecule has 1 aliphatic heterocycles. The Morgan fingerprint density at radius 2 is 1.69 bits per heavy atom. The highest BCUT2D eigenvalue weighted by atomic mass is 35.5. The molecule has 2 aromatic carbocycles. The van der Waals surface area contributed by atoms with Crippen LogP contribution in [0.5, 0.6) is 0 Å². The fraction of sp³-hybridized carbons (Fsp3) is 0.409. The van der Waals surface area contributed by atoms with E-state index in [1.165, 1.54) is 4.31 Å². The van der Waals surface area contributed by atoms with Gasteiger partial charge < -0.3 is 4.90 Å². The lowest BCUT2D eigenvalue weighted by atomic mass is 9.96. The summed E-state index contributed by atoms with van der Waals surface area (Å²) in [6.45, 7) is 5.11. The fourth-order valence-electron chi connectivity index (χ4n) is 3.62. The Hall–Kier alpha value is -1.89. The van der Waals surface area contributed by atoms with Gasteiger partial charge in [0.25, 0.3) is 0 Å². The van der Waals surface area contributed by atoms with Crippen molar-refractivity contribution in [1.29, 1.82) is 0 Å². The van der Waals surface area contributed by atoms with Crippen LogP contribution in [-0.4, -0.2) is 43.7 Å². The van der Waals surface area contributed by atoms with Gasteiger partial charge in [-0.2, -0.15) is 4.31 Å². The van der Waals surface area contributed by atoms with Crippen molar-refractivity contribution in [3.05, 3.63) is 64.2 Å². The smallest absolute Gasteiger partial charge is 0.243 e. The number of benzene rings is 2. The van der Waals surface area contributed by atoms with Gasteiger partial charge in [0, 0.05) is 37.6 Å². The second-order valence-electron chi connectivity index (χ2n) is 7.75. The van der Waals surface area contributed by atoms with Crippen LogP contribution in [0.4, 0.5) is 0 Å². The quantitative estimate of drug-likeness (QED) is 0.714. The average molecular weight is 435 g/mol. The molecule has 1 aliphatic rings. The van der Waals surface area contributed by atoms with E-state index in [1.54, 1.807) is 24.1 Å². The van der Waals surface area contributed by atoms with Gasteiger partial charge in [-0.15, -0.1) is 0 Å². The molecule has 7 heteroatoms. The highest BCUT2D eigenvalue weighted by Gasteiger charge is 2.33. The number of halogens is 1. The van der Waals surface area contributed by atoms with Gasteiger partial charge in [-0.3, -0.25) is 4.79 Å². The van der Waals surface area contributed by atoms with Gasteiger partial charge in [0.15, 0.2) is 0 Å². The van der Waals surface area contributed by atoms with Crippen LogP contribution < -0.4 is 0 Å². The van der Waals surface area contributed by atoms with Crippen LogP contribution in [0.3, 0.4) is 0 Å². The predicted molar refractivity (Wildman–Crippen MR) is 115 cm³/mol. The Morgan fingerprint density at radius 1 is 1.07 bits per heavy atom. The van der Waals surface area contributed by atoms with Gasteiger partial charge >= 0.3 is 0 Å². The first-order chi connectivity index (χ1) is 13.7. The maximum atomic E-state index is 12.9. The Balaban J connectivity index is 1.61. The number of piperidine rings is 1. The van der Waals surface area contributed by atoms with Crippen LogP contribution in [0.15, 0.2) is 47.4 Å². The number of aryl methyl sites for hydroxylation is 2. The van der Waals surface area contributed by atoms with E-state index in [-0.39, 0.29) is 11.8 Å². The van der Waals surface area contributed by atoms with Crippen molar-refractivity contribution in [2.75, 3.05) is 20.1 Å². The van der Waals surface area contributed by atoms with Crippen molar-refractivity contribution in [2.24, 2.45) is 5.92 Å². The molecule has 1 saturated heterocycles. The first-order valence-electron chi connectivity index (χ1n) is 9.75. The van der Waals surface area contributed by atoms with Gasteiger partial charge in [0.2, 0.25) is 15.9 Å². The molecule has 0 spiro atoms. The molecule has 1 fully saturated rings. The minimum absolute atomic E-state index is 0.0585. The molecule has 0 aromatic heterocycles. The van der Waals surface area contributed by atoms with Crippen LogP contribution in [0.1, 0.15) is 29.5 Å². The van der Waals surface area contributed by atoms with Crippen molar-refractivity contribution in [3.8, 4) is 0 Å². The van der Waals surface area contributed by atoms with E-state index in [0.29, 0.717) is 42.4 Å². The van der Waals surface area contributed by atoms with Crippen LogP contribution >= 0.6 is 11.6 Å². The third kappa shape index (κ3) is 5.00. The lowest BCUT2D eigenvalue weighted by molar-refractivity contribution is -0.135. The predicted octanol–water partition coefficient (Wildman–Crippen LogP) is 4.02. The molecule has 5 nitrogen and oxygen atoms in total. The zero-order valence-corrected chi connectivity index (χ0v) is 18.6. The number of carbonyl (C=O) groups excluding carboxylic acids is 1. The molecule has 0 bridgehead atoms. The van der Waals surface area contributed by atoms with Gasteiger partial charge in [-0.05, 0) is 67.6 Å². The number of rotatable bonds is 5. The normalized spacial score (nSPS) is 16.0. The SMILES string of the molecule is Cc1ccc(S(=O)(=O)N2CCC(C(=O)N(C)Cc3ccc(Cl)cc3)CC2)cc1C. The zero-order valence-electron chi connectivity index (χ0n) is 17.1. The summed E-state index contributed by atoms with van der Waals surface area (Å²) in [7, 11) is -1.74. The number of sulfonamides is 1. The van der Waals surface area contributed by atoms with E-state index in [9.17, 15) is 13.2 Å². The third-order valence-corrected chi connectivity index (χ3v) is 7.78. The van der Waals surface area contributed by atoms with Crippen molar-refractivity contribution in [2.45, 2.75) is 38.1 Å². The Morgan fingerprint density at radius 3 is 2.28 bits per heavy atom. The first-order valence-corrected chi connectivity index (χ1v) is 11.6. The third-order valence-electron chi connectivity index (χ3n) is 5.63. The lowest BCUT2D eigenvalue weighted by Gasteiger charge is -2.32. The second-order valence-corrected chi connectivity index (χ2v) is 10.1. The Labute approximate surface area is 178 Å². The molecule has 156 valence electrons. The summed E-state index contributed by atoms with van der Waals surface area (Å²) < 4.78 is 27.4. The van der Waals surface area contributed by atoms with Gasteiger partial charge in [-0.25, -0.2) is 8.42 Å². The van der Waals surface area contributed by atoms with E-state index < -0.39 is 10.0 Å². The van der Waals surface area contributed by atoms with Crippen molar-refractivity contribution >= 4 is 27.5 Å². The molecule has 0 radical (unpaired) electrons. The molecular formula is C22H27ClN2O3S. The summed E-state index contributed by atoms with van der Waals surface area (Å²) in [5.74, 6) is -0.0957. The highest BCUT2D eigenvalue weighted by Crippen LogP contribution is 2.26. The molecular weight excluding hydrogens is 408 g/mol. The van der Waals surface area contributed by atoms with E-state index >= 15 is 0 Å². The van der Waals surface area contributed by atoms with E-state index in [2.05, 4.69) is 0 Å². The maximum Gasteiger partial charge on any atom is 0.243 e. The topological polar surface area (TPSA) is 57.7 Å². The number of hydrogen-bond donors (Lipinski definition) is 0. The first kappa shape index (κ1) is 21.8. The summed E-state index contributed by atoms with van der Waals surface area (Å²) in [6.07, 6.45) is 1.07. The minimum Gasteiger partial charge on any atom is -0.341 e. The highest BCUT2D eigenvalue weighted by molar-refractivity contribution is 7.89. The van der Waals surface area contributed by atoms with Gasteiger partial charge in [0.1, 0.15) is 0 Å². The number of hydrogen-bond acceptors (Lipinski definition) is 3. The minimum atomic E-state index is -3.53. The molecule has 1 amide bonds. The molecule has 0 atom stereocenters. The van der Waals surface area contributed by atoms with E-state index in [4.69, 9.17) is 11.6 Å². The van der Waals surface area contributed by atoms with Crippen LogP contribution in [-0.2, 0) is 21.4 Å². The lowest BCUT2D eigenvalue weighted by Crippen LogP contribution is -2.43. The zero-order chi connectivity index (χ0) is 21.2. The van der Waals surface area contributed by atoms with E-state index in [0.717, 1.165) is 16.7 Å². The summed E-state index contributed by atoms with van der Waals surface area (Å²) in [5, 5.41) is 0.667. The molecule has 2 aromatic rings. The number of carbonyl (C=O) groups is 1. The second kappa shape index (κ2) is 8.86. The van der Waals surface area contributed by atoms with Gasteiger partial charge in [-0.1, -0.05) is 29.8 Å². The fourth-order valence-corrected chi connectivity index (χ4v) is 5.30. The molecule has 0 N–H and O–H groups in total. The molecule has 0 saturated carbocycles. The largest absolute Gasteiger partial charge is 0.341 e. The molecule has 29 heavy (non-hydrogen) atoms.